The first-order valence-electron chi connectivity index (χ1n) is 6.55. The van der Waals surface area contributed by atoms with Crippen molar-refractivity contribution in [2.75, 3.05) is 14.1 Å². The second kappa shape index (κ2) is 5.39. The Kier molecular flexibility index (Phi) is 3.68. The van der Waals surface area contributed by atoms with E-state index in [1.807, 2.05) is 24.3 Å². The van der Waals surface area contributed by atoms with Crippen LogP contribution in [0.25, 0.3) is 22.0 Å². The average molecular weight is 336 g/mol. The van der Waals surface area contributed by atoms with E-state index < -0.39 is 10.0 Å². The molecule has 5 nitrogen and oxygen atoms in total. The Morgan fingerprint density at radius 3 is 2.64 bits per heavy atom. The highest BCUT2D eigenvalue weighted by Crippen LogP contribution is 2.35. The molecule has 0 aliphatic carbocycles. The zero-order chi connectivity index (χ0) is 15.9. The van der Waals surface area contributed by atoms with Crippen LogP contribution in [-0.4, -0.2) is 36.8 Å². The number of fused-ring (bicyclic) bond motifs is 1. The van der Waals surface area contributed by atoms with E-state index in [4.69, 9.17) is 11.6 Å². The van der Waals surface area contributed by atoms with Crippen molar-refractivity contribution in [3.05, 3.63) is 47.9 Å². The zero-order valence-corrected chi connectivity index (χ0v) is 13.6. The predicted octanol–water partition coefficient (Wildman–Crippen LogP) is 3.13. The molecule has 2 aromatic heterocycles. The number of H-pyrrole nitrogens is 1. The minimum absolute atomic E-state index is 0.136. The maximum Gasteiger partial charge on any atom is 0.244 e. The molecule has 0 amide bonds. The third kappa shape index (κ3) is 2.39. The quantitative estimate of drug-likeness (QED) is 0.799. The lowest BCUT2D eigenvalue weighted by Crippen LogP contribution is -2.22. The Labute approximate surface area is 133 Å². The normalized spacial score (nSPS) is 12.2. The summed E-state index contributed by atoms with van der Waals surface area (Å²) in [6, 6.07) is 9.25. The molecule has 0 aliphatic heterocycles. The van der Waals surface area contributed by atoms with Gasteiger partial charge in [0.2, 0.25) is 10.0 Å². The van der Waals surface area contributed by atoms with Gasteiger partial charge in [0, 0.05) is 48.5 Å². The number of hydrogen-bond acceptors (Lipinski definition) is 3. The molecule has 0 saturated carbocycles. The van der Waals surface area contributed by atoms with Crippen LogP contribution < -0.4 is 0 Å². The Hall–Kier alpha value is -1.89. The molecule has 7 heteroatoms. The lowest BCUT2D eigenvalue weighted by molar-refractivity contribution is 0.520. The molecule has 3 rings (SSSR count). The van der Waals surface area contributed by atoms with E-state index in [1.165, 1.54) is 20.3 Å². The lowest BCUT2D eigenvalue weighted by atomic mass is 10.1. The van der Waals surface area contributed by atoms with Crippen LogP contribution >= 0.6 is 11.6 Å². The van der Waals surface area contributed by atoms with Crippen molar-refractivity contribution in [3.63, 3.8) is 0 Å². The number of aromatic nitrogens is 2. The molecular weight excluding hydrogens is 322 g/mol. The number of aromatic amines is 1. The van der Waals surface area contributed by atoms with Gasteiger partial charge in [-0.1, -0.05) is 29.8 Å². The standard InChI is InChI=1S/C15H14ClN3O2S/c1-19(2)22(20,21)11-7-10(8-17-9-11)14-12-5-3-4-6-13(12)18-15(14)16/h3-9,18H,1-2H3. The smallest absolute Gasteiger partial charge is 0.244 e. The Balaban J connectivity index is 2.23. The summed E-state index contributed by atoms with van der Waals surface area (Å²) in [6.45, 7) is 0. The van der Waals surface area contributed by atoms with Gasteiger partial charge < -0.3 is 4.98 Å². The van der Waals surface area contributed by atoms with Crippen molar-refractivity contribution in [1.82, 2.24) is 14.3 Å². The number of sulfonamides is 1. The van der Waals surface area contributed by atoms with Crippen LogP contribution in [0, 0.1) is 0 Å². The maximum atomic E-state index is 12.2. The molecule has 0 aliphatic rings. The molecule has 0 saturated heterocycles. The highest BCUT2D eigenvalue weighted by atomic mass is 35.5. The monoisotopic (exact) mass is 335 g/mol. The molecule has 1 N–H and O–H groups in total. The molecule has 0 bridgehead atoms. The van der Waals surface area contributed by atoms with Gasteiger partial charge in [0.15, 0.2) is 0 Å². The number of benzene rings is 1. The van der Waals surface area contributed by atoms with Crippen molar-refractivity contribution in [2.45, 2.75) is 4.90 Å². The summed E-state index contributed by atoms with van der Waals surface area (Å²) < 4.78 is 25.7. The molecule has 3 aromatic rings. The Bertz CT molecular complexity index is 948. The van der Waals surface area contributed by atoms with E-state index in [0.717, 1.165) is 20.8 Å². The van der Waals surface area contributed by atoms with Crippen molar-refractivity contribution in [3.8, 4) is 11.1 Å². The number of pyridine rings is 1. The van der Waals surface area contributed by atoms with Gasteiger partial charge in [-0.2, -0.15) is 0 Å². The van der Waals surface area contributed by atoms with Crippen molar-refractivity contribution < 1.29 is 8.42 Å². The lowest BCUT2D eigenvalue weighted by Gasteiger charge is -2.11. The number of hydrogen-bond donors (Lipinski definition) is 1. The maximum absolute atomic E-state index is 12.2. The second-order valence-corrected chi connectivity index (χ2v) is 7.59. The highest BCUT2D eigenvalue weighted by molar-refractivity contribution is 7.89. The predicted molar refractivity (Wildman–Crippen MR) is 87.4 cm³/mol. The minimum Gasteiger partial charge on any atom is -0.345 e. The van der Waals surface area contributed by atoms with Gasteiger partial charge in [0.25, 0.3) is 0 Å². The molecule has 114 valence electrons. The number of rotatable bonds is 3. The van der Waals surface area contributed by atoms with Crippen molar-refractivity contribution in [1.29, 1.82) is 0 Å². The zero-order valence-electron chi connectivity index (χ0n) is 12.0. The molecule has 0 fully saturated rings. The first kappa shape index (κ1) is 15.0. The van der Waals surface area contributed by atoms with Crippen LogP contribution in [0.4, 0.5) is 0 Å². The van der Waals surface area contributed by atoms with E-state index in [2.05, 4.69) is 9.97 Å². The fourth-order valence-corrected chi connectivity index (χ4v) is 3.50. The van der Waals surface area contributed by atoms with Gasteiger partial charge in [-0.3, -0.25) is 4.98 Å². The Morgan fingerprint density at radius 2 is 1.91 bits per heavy atom. The van der Waals surface area contributed by atoms with Crippen LogP contribution in [0.15, 0.2) is 47.6 Å². The summed E-state index contributed by atoms with van der Waals surface area (Å²) in [4.78, 5) is 7.28. The molecule has 0 radical (unpaired) electrons. The van der Waals surface area contributed by atoms with Gasteiger partial charge in [0.1, 0.15) is 10.0 Å². The van der Waals surface area contributed by atoms with Gasteiger partial charge >= 0.3 is 0 Å². The molecular formula is C15H14ClN3O2S. The van der Waals surface area contributed by atoms with E-state index in [-0.39, 0.29) is 4.90 Å². The van der Waals surface area contributed by atoms with Crippen LogP contribution in [0.2, 0.25) is 5.15 Å². The van der Waals surface area contributed by atoms with Crippen molar-refractivity contribution in [2.24, 2.45) is 0 Å². The van der Waals surface area contributed by atoms with E-state index in [0.29, 0.717) is 10.7 Å². The van der Waals surface area contributed by atoms with E-state index >= 15 is 0 Å². The molecule has 0 atom stereocenters. The molecule has 1 aromatic carbocycles. The molecule has 22 heavy (non-hydrogen) atoms. The number of nitrogens with zero attached hydrogens (tertiary/aromatic N) is 2. The number of nitrogens with one attached hydrogen (secondary N) is 1. The van der Waals surface area contributed by atoms with Crippen LogP contribution in [0.3, 0.4) is 0 Å². The average Bonchev–Trinajstić information content (AvgIpc) is 2.83. The molecule has 2 heterocycles. The van der Waals surface area contributed by atoms with Gasteiger partial charge in [-0.15, -0.1) is 0 Å². The first-order valence-corrected chi connectivity index (χ1v) is 8.37. The largest absolute Gasteiger partial charge is 0.345 e. The number of halogens is 1. The second-order valence-electron chi connectivity index (χ2n) is 5.06. The summed E-state index contributed by atoms with van der Waals surface area (Å²) in [7, 11) is -0.565. The molecule has 0 unspecified atom stereocenters. The fourth-order valence-electron chi connectivity index (χ4n) is 2.30. The SMILES string of the molecule is CN(C)S(=O)(=O)c1cncc(-c2c(Cl)[nH]c3ccccc23)c1. The summed E-state index contributed by atoms with van der Waals surface area (Å²) in [5, 5.41) is 1.39. The number of para-hydroxylation sites is 1. The highest BCUT2D eigenvalue weighted by Gasteiger charge is 2.20. The summed E-state index contributed by atoms with van der Waals surface area (Å²) in [5.41, 5.74) is 2.30. The summed E-state index contributed by atoms with van der Waals surface area (Å²) in [6.07, 6.45) is 2.94. The van der Waals surface area contributed by atoms with Crippen LogP contribution in [0.5, 0.6) is 0 Å². The van der Waals surface area contributed by atoms with Gasteiger partial charge in [-0.25, -0.2) is 12.7 Å². The topological polar surface area (TPSA) is 66.1 Å². The summed E-state index contributed by atoms with van der Waals surface area (Å²) in [5.74, 6) is 0. The minimum atomic E-state index is -3.54. The van der Waals surface area contributed by atoms with Gasteiger partial charge in [0.05, 0.1) is 0 Å². The molecule has 0 spiro atoms. The van der Waals surface area contributed by atoms with Crippen molar-refractivity contribution >= 4 is 32.5 Å². The van der Waals surface area contributed by atoms with Crippen LogP contribution in [0.1, 0.15) is 0 Å². The van der Waals surface area contributed by atoms with Gasteiger partial charge in [-0.05, 0) is 12.1 Å². The Morgan fingerprint density at radius 1 is 1.18 bits per heavy atom. The van der Waals surface area contributed by atoms with Crippen LogP contribution in [-0.2, 0) is 10.0 Å². The van der Waals surface area contributed by atoms with E-state index in [9.17, 15) is 8.42 Å². The fraction of sp³-hybridized carbons (Fsp3) is 0.133. The summed E-state index contributed by atoms with van der Waals surface area (Å²) >= 11 is 6.29. The third-order valence-electron chi connectivity index (χ3n) is 3.44. The van der Waals surface area contributed by atoms with E-state index in [1.54, 1.807) is 12.3 Å². The first-order chi connectivity index (χ1) is 10.4. The third-order valence-corrected chi connectivity index (χ3v) is 5.50.